The second-order valence-corrected chi connectivity index (χ2v) is 4.82. The second kappa shape index (κ2) is 6.23. The molecular formula is C15H19N3O2. The summed E-state index contributed by atoms with van der Waals surface area (Å²) in [5.74, 6) is 0.108. The van der Waals surface area contributed by atoms with Crippen molar-refractivity contribution in [2.24, 2.45) is 0 Å². The van der Waals surface area contributed by atoms with E-state index in [1.165, 1.54) is 0 Å². The lowest BCUT2D eigenvalue weighted by Gasteiger charge is -2.23. The number of carboxylic acid groups (broad SMARTS) is 1. The van der Waals surface area contributed by atoms with Crippen molar-refractivity contribution in [3.63, 3.8) is 0 Å². The normalized spacial score (nSPS) is 10.5. The quantitative estimate of drug-likeness (QED) is 0.875. The number of hydrogen-bond donors (Lipinski definition) is 1. The summed E-state index contributed by atoms with van der Waals surface area (Å²) in [6, 6.07) is 7.90. The number of hydrogen-bond acceptors (Lipinski definition) is 3. The van der Waals surface area contributed by atoms with Gasteiger partial charge in [-0.05, 0) is 26.0 Å². The van der Waals surface area contributed by atoms with Gasteiger partial charge in [0.25, 0.3) is 0 Å². The number of imidazole rings is 1. The molecule has 1 heterocycles. The van der Waals surface area contributed by atoms with E-state index >= 15 is 0 Å². The summed E-state index contributed by atoms with van der Waals surface area (Å²) in [5.41, 5.74) is 2.09. The Morgan fingerprint density at radius 3 is 2.55 bits per heavy atom. The van der Waals surface area contributed by atoms with Crippen LogP contribution in [0.4, 0.5) is 5.69 Å². The van der Waals surface area contributed by atoms with Gasteiger partial charge in [0.1, 0.15) is 12.4 Å². The highest BCUT2D eigenvalue weighted by atomic mass is 16.4. The number of anilines is 1. The van der Waals surface area contributed by atoms with E-state index in [4.69, 9.17) is 5.11 Å². The van der Waals surface area contributed by atoms with Crippen LogP contribution in [-0.2, 0) is 11.3 Å². The lowest BCUT2D eigenvalue weighted by molar-refractivity contribution is -0.135. The smallest absolute Gasteiger partial charge is 0.323 e. The maximum atomic E-state index is 11.0. The molecule has 2 aromatic rings. The minimum absolute atomic E-state index is 0.00317. The van der Waals surface area contributed by atoms with E-state index in [2.05, 4.69) is 4.98 Å². The molecule has 1 aromatic heterocycles. The van der Waals surface area contributed by atoms with Crippen molar-refractivity contribution in [2.45, 2.75) is 20.4 Å². The molecule has 0 fully saturated rings. The van der Waals surface area contributed by atoms with Crippen molar-refractivity contribution in [1.29, 1.82) is 0 Å². The van der Waals surface area contributed by atoms with E-state index in [9.17, 15) is 4.79 Å². The topological polar surface area (TPSA) is 58.4 Å². The van der Waals surface area contributed by atoms with E-state index in [1.807, 2.05) is 53.8 Å². The van der Waals surface area contributed by atoms with Crippen LogP contribution < -0.4 is 4.90 Å². The Kier molecular flexibility index (Phi) is 4.40. The van der Waals surface area contributed by atoms with Crippen LogP contribution in [0.15, 0.2) is 36.7 Å². The van der Waals surface area contributed by atoms with E-state index in [-0.39, 0.29) is 6.54 Å². The average Bonchev–Trinajstić information content (AvgIpc) is 2.81. The van der Waals surface area contributed by atoms with Gasteiger partial charge >= 0.3 is 5.97 Å². The Morgan fingerprint density at radius 1 is 1.30 bits per heavy atom. The SMILES string of the molecule is Cc1ccc(N(CCn2ccnc2C)CC(=O)O)cc1. The molecule has 0 saturated heterocycles. The monoisotopic (exact) mass is 273 g/mol. The first-order chi connectivity index (χ1) is 9.56. The molecule has 0 aliphatic heterocycles. The van der Waals surface area contributed by atoms with Crippen LogP contribution in [0.5, 0.6) is 0 Å². The molecule has 0 amide bonds. The number of aliphatic carboxylic acids is 1. The van der Waals surface area contributed by atoms with Gasteiger partial charge in [0.05, 0.1) is 0 Å². The molecule has 0 aliphatic carbocycles. The highest BCUT2D eigenvalue weighted by Crippen LogP contribution is 2.15. The molecule has 1 N–H and O–H groups in total. The molecule has 5 nitrogen and oxygen atoms in total. The third-order valence-electron chi connectivity index (χ3n) is 3.26. The fourth-order valence-corrected chi connectivity index (χ4v) is 2.09. The van der Waals surface area contributed by atoms with Gasteiger partial charge < -0.3 is 14.6 Å². The Morgan fingerprint density at radius 2 is 2.00 bits per heavy atom. The summed E-state index contributed by atoms with van der Waals surface area (Å²) in [6.07, 6.45) is 3.66. The van der Waals surface area contributed by atoms with Gasteiger partial charge in [-0.3, -0.25) is 4.79 Å². The highest BCUT2D eigenvalue weighted by Gasteiger charge is 2.11. The first-order valence-electron chi connectivity index (χ1n) is 6.57. The lowest BCUT2D eigenvalue weighted by atomic mass is 10.2. The summed E-state index contributed by atoms with van der Waals surface area (Å²) in [4.78, 5) is 17.0. The Hall–Kier alpha value is -2.30. The molecule has 0 unspecified atom stereocenters. The Balaban J connectivity index is 2.09. The van der Waals surface area contributed by atoms with Crippen molar-refractivity contribution >= 4 is 11.7 Å². The minimum Gasteiger partial charge on any atom is -0.480 e. The molecule has 0 spiro atoms. The molecule has 0 aliphatic rings. The van der Waals surface area contributed by atoms with Crippen molar-refractivity contribution in [3.8, 4) is 0 Å². The first-order valence-corrected chi connectivity index (χ1v) is 6.57. The maximum absolute atomic E-state index is 11.0. The van der Waals surface area contributed by atoms with Crippen LogP contribution in [0.2, 0.25) is 0 Å². The molecule has 0 atom stereocenters. The number of nitrogens with zero attached hydrogens (tertiary/aromatic N) is 3. The van der Waals surface area contributed by atoms with Gasteiger partial charge in [0.15, 0.2) is 0 Å². The standard InChI is InChI=1S/C15H19N3O2/c1-12-3-5-14(6-4-12)18(11-15(19)20)10-9-17-8-7-16-13(17)2/h3-8H,9-11H2,1-2H3,(H,19,20). The number of aryl methyl sites for hydroxylation is 2. The van der Waals surface area contributed by atoms with Gasteiger partial charge in [-0.25, -0.2) is 4.98 Å². The molecule has 2 rings (SSSR count). The number of carboxylic acids is 1. The number of rotatable bonds is 6. The molecular weight excluding hydrogens is 254 g/mol. The minimum atomic E-state index is -0.826. The van der Waals surface area contributed by atoms with Gasteiger partial charge in [0.2, 0.25) is 0 Å². The van der Waals surface area contributed by atoms with Crippen LogP contribution in [-0.4, -0.2) is 33.7 Å². The Labute approximate surface area is 118 Å². The molecule has 106 valence electrons. The Bertz CT molecular complexity index is 575. The van der Waals surface area contributed by atoms with Gasteiger partial charge in [-0.2, -0.15) is 0 Å². The van der Waals surface area contributed by atoms with Crippen LogP contribution >= 0.6 is 0 Å². The zero-order valence-electron chi connectivity index (χ0n) is 11.8. The second-order valence-electron chi connectivity index (χ2n) is 4.82. The van der Waals surface area contributed by atoms with Gasteiger partial charge in [-0.1, -0.05) is 17.7 Å². The van der Waals surface area contributed by atoms with Crippen LogP contribution in [0.25, 0.3) is 0 Å². The van der Waals surface area contributed by atoms with Crippen molar-refractivity contribution in [2.75, 3.05) is 18.0 Å². The fourth-order valence-electron chi connectivity index (χ4n) is 2.09. The van der Waals surface area contributed by atoms with Crippen molar-refractivity contribution < 1.29 is 9.90 Å². The largest absolute Gasteiger partial charge is 0.480 e. The summed E-state index contributed by atoms with van der Waals surface area (Å²) in [7, 11) is 0. The summed E-state index contributed by atoms with van der Waals surface area (Å²) < 4.78 is 2.02. The fraction of sp³-hybridized carbons (Fsp3) is 0.333. The van der Waals surface area contributed by atoms with E-state index < -0.39 is 5.97 Å². The number of benzene rings is 1. The molecule has 20 heavy (non-hydrogen) atoms. The predicted molar refractivity (Wildman–Crippen MR) is 78.0 cm³/mol. The summed E-state index contributed by atoms with van der Waals surface area (Å²) in [6.45, 7) is 5.30. The number of carbonyl (C=O) groups is 1. The van der Waals surface area contributed by atoms with Crippen LogP contribution in [0.3, 0.4) is 0 Å². The predicted octanol–water partition coefficient (Wildman–Crippen LogP) is 2.09. The highest BCUT2D eigenvalue weighted by molar-refractivity contribution is 5.73. The average molecular weight is 273 g/mol. The van der Waals surface area contributed by atoms with Crippen molar-refractivity contribution in [3.05, 3.63) is 48.0 Å². The zero-order chi connectivity index (χ0) is 14.5. The van der Waals surface area contributed by atoms with Crippen LogP contribution in [0.1, 0.15) is 11.4 Å². The molecule has 0 bridgehead atoms. The van der Waals surface area contributed by atoms with E-state index in [0.717, 1.165) is 17.1 Å². The van der Waals surface area contributed by atoms with E-state index in [0.29, 0.717) is 13.1 Å². The molecule has 0 saturated carbocycles. The lowest BCUT2D eigenvalue weighted by Crippen LogP contribution is -2.32. The van der Waals surface area contributed by atoms with E-state index in [1.54, 1.807) is 6.20 Å². The summed E-state index contributed by atoms with van der Waals surface area (Å²) >= 11 is 0. The number of aromatic nitrogens is 2. The molecule has 1 aromatic carbocycles. The molecule has 5 heteroatoms. The molecule has 0 radical (unpaired) electrons. The summed E-state index contributed by atoms with van der Waals surface area (Å²) in [5, 5.41) is 9.05. The van der Waals surface area contributed by atoms with Gasteiger partial charge in [0, 0.05) is 31.2 Å². The first kappa shape index (κ1) is 14.1. The zero-order valence-corrected chi connectivity index (χ0v) is 11.8. The van der Waals surface area contributed by atoms with Gasteiger partial charge in [-0.15, -0.1) is 0 Å². The van der Waals surface area contributed by atoms with Crippen molar-refractivity contribution in [1.82, 2.24) is 9.55 Å². The van der Waals surface area contributed by atoms with Crippen LogP contribution in [0, 0.1) is 13.8 Å². The third kappa shape index (κ3) is 3.60. The third-order valence-corrected chi connectivity index (χ3v) is 3.26. The maximum Gasteiger partial charge on any atom is 0.323 e.